The van der Waals surface area contributed by atoms with Crippen LogP contribution in [0.2, 0.25) is 0 Å². The summed E-state index contributed by atoms with van der Waals surface area (Å²) in [5, 5.41) is 3.41. The zero-order chi connectivity index (χ0) is 17.1. The zero-order valence-corrected chi connectivity index (χ0v) is 15.5. The van der Waals surface area contributed by atoms with Crippen LogP contribution < -0.4 is 0 Å². The summed E-state index contributed by atoms with van der Waals surface area (Å²) in [6.07, 6.45) is 8.02. The molecule has 1 atom stereocenters. The van der Waals surface area contributed by atoms with E-state index in [1.54, 1.807) is 0 Å². The number of para-hydroxylation sites is 1. The molecule has 25 heavy (non-hydrogen) atoms. The Kier molecular flexibility index (Phi) is 4.95. The second kappa shape index (κ2) is 7.51. The highest BCUT2D eigenvalue weighted by molar-refractivity contribution is 7.11. The molecule has 0 amide bonds. The number of hydrogen-bond acceptors (Lipinski definition) is 3. The Balaban J connectivity index is 1.58. The lowest BCUT2D eigenvalue weighted by Gasteiger charge is -2.34. The second-order valence-electron chi connectivity index (χ2n) is 6.72. The molecule has 0 fully saturated rings. The van der Waals surface area contributed by atoms with Crippen LogP contribution in [0.1, 0.15) is 42.7 Å². The maximum atomic E-state index is 4.69. The van der Waals surface area contributed by atoms with Gasteiger partial charge in [-0.25, -0.2) is 0 Å². The molecule has 1 aliphatic heterocycles. The Morgan fingerprint density at radius 3 is 2.88 bits per heavy atom. The quantitative estimate of drug-likeness (QED) is 0.568. The summed E-state index contributed by atoms with van der Waals surface area (Å²) >= 11 is 1.85. The van der Waals surface area contributed by atoms with E-state index in [2.05, 4.69) is 71.9 Å². The van der Waals surface area contributed by atoms with E-state index in [-0.39, 0.29) is 0 Å². The molecule has 3 heterocycles. The van der Waals surface area contributed by atoms with Crippen molar-refractivity contribution in [1.29, 1.82) is 0 Å². The highest BCUT2D eigenvalue weighted by atomic mass is 32.1. The maximum Gasteiger partial charge on any atom is 0.0702 e. The van der Waals surface area contributed by atoms with E-state index in [0.29, 0.717) is 6.04 Å². The van der Waals surface area contributed by atoms with Gasteiger partial charge in [0.25, 0.3) is 0 Å². The molecule has 0 saturated heterocycles. The maximum absolute atomic E-state index is 4.69. The SMILES string of the molecule is CCCC(c1cnc2ccccc2c1)N1CC=C(c2cccs2)CC1. The molecule has 1 unspecified atom stereocenters. The van der Waals surface area contributed by atoms with E-state index >= 15 is 0 Å². The minimum atomic E-state index is 0.461. The van der Waals surface area contributed by atoms with Crippen molar-refractivity contribution in [3.63, 3.8) is 0 Å². The van der Waals surface area contributed by atoms with Crippen LogP contribution in [0.3, 0.4) is 0 Å². The van der Waals surface area contributed by atoms with E-state index in [0.717, 1.165) is 25.0 Å². The van der Waals surface area contributed by atoms with Gasteiger partial charge in [-0.2, -0.15) is 0 Å². The monoisotopic (exact) mass is 348 g/mol. The minimum absolute atomic E-state index is 0.461. The van der Waals surface area contributed by atoms with Crippen molar-refractivity contribution < 1.29 is 0 Å². The third-order valence-electron chi connectivity index (χ3n) is 5.08. The molecule has 128 valence electrons. The summed E-state index contributed by atoms with van der Waals surface area (Å²) in [7, 11) is 0. The van der Waals surface area contributed by atoms with Crippen LogP contribution in [-0.2, 0) is 0 Å². The summed E-state index contributed by atoms with van der Waals surface area (Å²) in [5.41, 5.74) is 3.95. The van der Waals surface area contributed by atoms with Crippen LogP contribution in [0.5, 0.6) is 0 Å². The van der Waals surface area contributed by atoms with Gasteiger partial charge in [0.1, 0.15) is 0 Å². The van der Waals surface area contributed by atoms with Gasteiger partial charge in [-0.05, 0) is 47.6 Å². The summed E-state index contributed by atoms with van der Waals surface area (Å²) in [4.78, 5) is 8.74. The number of benzene rings is 1. The van der Waals surface area contributed by atoms with Gasteiger partial charge >= 0.3 is 0 Å². The van der Waals surface area contributed by atoms with Crippen molar-refractivity contribution in [2.75, 3.05) is 13.1 Å². The fourth-order valence-corrected chi connectivity index (χ4v) is 4.55. The predicted molar refractivity (Wildman–Crippen MR) is 108 cm³/mol. The van der Waals surface area contributed by atoms with Crippen LogP contribution in [0.15, 0.2) is 60.1 Å². The van der Waals surface area contributed by atoms with Gasteiger partial charge in [0.05, 0.1) is 5.52 Å². The first-order valence-corrected chi connectivity index (χ1v) is 10.0. The number of nitrogens with zero attached hydrogens (tertiary/aromatic N) is 2. The summed E-state index contributed by atoms with van der Waals surface area (Å²) in [5.74, 6) is 0. The molecular formula is C22H24N2S. The molecule has 0 saturated carbocycles. The minimum Gasteiger partial charge on any atom is -0.292 e. The summed E-state index contributed by atoms with van der Waals surface area (Å²) in [6.45, 7) is 4.43. The number of thiophene rings is 1. The molecule has 0 aliphatic carbocycles. The van der Waals surface area contributed by atoms with E-state index < -0.39 is 0 Å². The van der Waals surface area contributed by atoms with Crippen LogP contribution >= 0.6 is 11.3 Å². The molecule has 1 aromatic carbocycles. The smallest absolute Gasteiger partial charge is 0.0702 e. The van der Waals surface area contributed by atoms with Gasteiger partial charge in [0.15, 0.2) is 0 Å². The molecule has 3 aromatic rings. The first kappa shape index (κ1) is 16.5. The van der Waals surface area contributed by atoms with Crippen LogP contribution in [-0.4, -0.2) is 23.0 Å². The molecule has 1 aliphatic rings. The van der Waals surface area contributed by atoms with Crippen molar-refractivity contribution in [3.05, 3.63) is 70.6 Å². The van der Waals surface area contributed by atoms with Crippen molar-refractivity contribution >= 4 is 27.8 Å². The molecule has 0 bridgehead atoms. The number of fused-ring (bicyclic) bond motifs is 1. The van der Waals surface area contributed by atoms with Gasteiger partial charge in [-0.15, -0.1) is 11.3 Å². The van der Waals surface area contributed by atoms with Crippen molar-refractivity contribution in [1.82, 2.24) is 9.88 Å². The second-order valence-corrected chi connectivity index (χ2v) is 7.67. The van der Waals surface area contributed by atoms with Crippen molar-refractivity contribution in [3.8, 4) is 0 Å². The number of hydrogen-bond donors (Lipinski definition) is 0. The number of aromatic nitrogens is 1. The molecule has 0 spiro atoms. The Bertz CT molecular complexity index is 867. The molecular weight excluding hydrogens is 324 g/mol. The molecule has 2 nitrogen and oxygen atoms in total. The van der Waals surface area contributed by atoms with Crippen LogP contribution in [0.25, 0.3) is 16.5 Å². The van der Waals surface area contributed by atoms with Gasteiger partial charge in [-0.3, -0.25) is 9.88 Å². The van der Waals surface area contributed by atoms with Crippen LogP contribution in [0, 0.1) is 0 Å². The molecule has 0 N–H and O–H groups in total. The van der Waals surface area contributed by atoms with E-state index in [1.165, 1.54) is 34.2 Å². The van der Waals surface area contributed by atoms with Crippen molar-refractivity contribution in [2.45, 2.75) is 32.2 Å². The topological polar surface area (TPSA) is 16.1 Å². The highest BCUT2D eigenvalue weighted by Crippen LogP contribution is 2.32. The third-order valence-corrected chi connectivity index (χ3v) is 6.02. The number of pyridine rings is 1. The normalized spacial score (nSPS) is 16.8. The lowest BCUT2D eigenvalue weighted by atomic mass is 9.97. The van der Waals surface area contributed by atoms with Crippen molar-refractivity contribution in [2.24, 2.45) is 0 Å². The molecule has 4 rings (SSSR count). The molecule has 2 aromatic heterocycles. The third kappa shape index (κ3) is 3.53. The molecule has 0 radical (unpaired) electrons. The average Bonchev–Trinajstić information content (AvgIpc) is 3.21. The van der Waals surface area contributed by atoms with Crippen LogP contribution in [0.4, 0.5) is 0 Å². The van der Waals surface area contributed by atoms with Gasteiger partial charge in [0.2, 0.25) is 0 Å². The Labute approximate surface area is 153 Å². The first-order chi connectivity index (χ1) is 12.3. The Morgan fingerprint density at radius 1 is 1.20 bits per heavy atom. The van der Waals surface area contributed by atoms with E-state index in [9.17, 15) is 0 Å². The lowest BCUT2D eigenvalue weighted by Crippen LogP contribution is -2.32. The highest BCUT2D eigenvalue weighted by Gasteiger charge is 2.23. The largest absolute Gasteiger partial charge is 0.292 e. The first-order valence-electron chi connectivity index (χ1n) is 9.17. The summed E-state index contributed by atoms with van der Waals surface area (Å²) in [6, 6.07) is 15.6. The van der Waals surface area contributed by atoms with E-state index in [1.807, 2.05) is 11.3 Å². The number of rotatable bonds is 5. The Morgan fingerprint density at radius 2 is 2.12 bits per heavy atom. The van der Waals surface area contributed by atoms with Gasteiger partial charge in [-0.1, -0.05) is 43.7 Å². The standard InChI is InChI=1S/C22H24N2S/c1-2-6-21(19-15-18-7-3-4-8-20(18)23-16-19)24-12-10-17(11-13-24)22-9-5-14-25-22/h3-5,7-10,14-16,21H,2,6,11-13H2,1H3. The molecule has 3 heteroatoms. The fraction of sp³-hybridized carbons (Fsp3) is 0.318. The van der Waals surface area contributed by atoms with Gasteiger partial charge in [0, 0.05) is 35.6 Å². The predicted octanol–water partition coefficient (Wildman–Crippen LogP) is 5.93. The zero-order valence-electron chi connectivity index (χ0n) is 14.7. The average molecular weight is 349 g/mol. The fourth-order valence-electron chi connectivity index (χ4n) is 3.76. The summed E-state index contributed by atoms with van der Waals surface area (Å²) < 4.78 is 0. The lowest BCUT2D eigenvalue weighted by molar-refractivity contribution is 0.206. The van der Waals surface area contributed by atoms with E-state index in [4.69, 9.17) is 4.98 Å². The Hall–Kier alpha value is -1.97. The van der Waals surface area contributed by atoms with Gasteiger partial charge < -0.3 is 0 Å².